The Balaban J connectivity index is 1.44. The summed E-state index contributed by atoms with van der Waals surface area (Å²) in [6, 6.07) is 7.62. The Morgan fingerprint density at radius 3 is 2.55 bits per heavy atom. The molecule has 3 aliphatic carbocycles. The van der Waals surface area contributed by atoms with Crippen LogP contribution in [0.3, 0.4) is 0 Å². The van der Waals surface area contributed by atoms with Gasteiger partial charge in [-0.25, -0.2) is 0 Å². The molecule has 2 nitrogen and oxygen atoms in total. The lowest BCUT2D eigenvalue weighted by atomic mass is 10.0. The van der Waals surface area contributed by atoms with Gasteiger partial charge in [-0.15, -0.1) is 0 Å². The van der Waals surface area contributed by atoms with Crippen LogP contribution in [0.15, 0.2) is 22.7 Å². The number of rotatable bonds is 4. The summed E-state index contributed by atoms with van der Waals surface area (Å²) in [6.07, 6.45) is 4.51. The molecule has 0 radical (unpaired) electrons. The highest BCUT2D eigenvalue weighted by Crippen LogP contribution is 2.65. The molecule has 0 saturated heterocycles. The van der Waals surface area contributed by atoms with E-state index in [1.807, 2.05) is 0 Å². The van der Waals surface area contributed by atoms with Crippen LogP contribution >= 0.6 is 15.9 Å². The van der Waals surface area contributed by atoms with Crippen LogP contribution in [0.1, 0.15) is 37.8 Å². The van der Waals surface area contributed by atoms with Gasteiger partial charge < -0.3 is 10.1 Å². The van der Waals surface area contributed by atoms with Crippen molar-refractivity contribution in [1.29, 1.82) is 0 Å². The van der Waals surface area contributed by atoms with Gasteiger partial charge in [-0.2, -0.15) is 0 Å². The van der Waals surface area contributed by atoms with Gasteiger partial charge in [-0.1, -0.05) is 6.07 Å². The maximum atomic E-state index is 5.30. The van der Waals surface area contributed by atoms with Crippen LogP contribution in [0.5, 0.6) is 5.75 Å². The van der Waals surface area contributed by atoms with Crippen LogP contribution in [-0.4, -0.2) is 13.2 Å². The molecule has 3 saturated carbocycles. The topological polar surface area (TPSA) is 21.3 Å². The molecule has 108 valence electrons. The molecule has 2 bridgehead atoms. The number of hydrogen-bond acceptors (Lipinski definition) is 2. The summed E-state index contributed by atoms with van der Waals surface area (Å²) >= 11 is 3.58. The van der Waals surface area contributed by atoms with Gasteiger partial charge in [0, 0.05) is 12.1 Å². The zero-order chi connectivity index (χ0) is 13.9. The third-order valence-corrected chi connectivity index (χ3v) is 6.47. The molecule has 0 aromatic heterocycles. The standard InChI is InChI=1S/C17H22BrNO/c1-9(10-5-6-14(20-2)13(18)8-10)19-17-15-11-3-4-12(7-11)16(15)17/h5-6,8-9,11-12,15-17,19H,3-4,7H2,1-2H3. The van der Waals surface area contributed by atoms with Crippen LogP contribution in [0.4, 0.5) is 0 Å². The molecular formula is C17H22BrNO. The number of nitrogens with one attached hydrogen (secondary N) is 1. The minimum Gasteiger partial charge on any atom is -0.496 e. The molecule has 0 heterocycles. The Morgan fingerprint density at radius 2 is 1.95 bits per heavy atom. The number of hydrogen-bond donors (Lipinski definition) is 1. The van der Waals surface area contributed by atoms with Gasteiger partial charge in [0.1, 0.15) is 5.75 Å². The number of benzene rings is 1. The third-order valence-electron chi connectivity index (χ3n) is 5.85. The van der Waals surface area contributed by atoms with Crippen molar-refractivity contribution in [2.75, 3.05) is 7.11 Å². The van der Waals surface area contributed by atoms with Gasteiger partial charge in [0.05, 0.1) is 11.6 Å². The zero-order valence-electron chi connectivity index (χ0n) is 12.1. The molecule has 4 rings (SSSR count). The minimum absolute atomic E-state index is 0.423. The van der Waals surface area contributed by atoms with Gasteiger partial charge in [0.2, 0.25) is 0 Å². The van der Waals surface area contributed by atoms with Crippen LogP contribution in [0.25, 0.3) is 0 Å². The molecule has 5 unspecified atom stereocenters. The third kappa shape index (κ3) is 1.93. The molecular weight excluding hydrogens is 314 g/mol. The smallest absolute Gasteiger partial charge is 0.133 e. The highest BCUT2D eigenvalue weighted by atomic mass is 79.9. The quantitative estimate of drug-likeness (QED) is 0.892. The largest absolute Gasteiger partial charge is 0.496 e. The summed E-state index contributed by atoms with van der Waals surface area (Å²) < 4.78 is 6.35. The first kappa shape index (κ1) is 13.1. The SMILES string of the molecule is COc1ccc(C(C)NC2C3C4CCC(C4)C23)cc1Br. The van der Waals surface area contributed by atoms with Crippen molar-refractivity contribution >= 4 is 15.9 Å². The van der Waals surface area contributed by atoms with E-state index in [2.05, 4.69) is 46.4 Å². The normalized spacial score (nSPS) is 38.6. The fourth-order valence-electron chi connectivity index (χ4n) is 4.89. The molecule has 0 amide bonds. The fourth-order valence-corrected chi connectivity index (χ4v) is 5.44. The van der Waals surface area contributed by atoms with Gasteiger partial charge in [0.15, 0.2) is 0 Å². The maximum absolute atomic E-state index is 5.30. The fraction of sp³-hybridized carbons (Fsp3) is 0.647. The van der Waals surface area contributed by atoms with Crippen molar-refractivity contribution < 1.29 is 4.74 Å². The summed E-state index contributed by atoms with van der Waals surface area (Å²) in [5.41, 5.74) is 1.34. The van der Waals surface area contributed by atoms with E-state index in [1.54, 1.807) is 7.11 Å². The van der Waals surface area contributed by atoms with E-state index < -0.39 is 0 Å². The summed E-state index contributed by atoms with van der Waals surface area (Å²) in [6.45, 7) is 2.28. The Morgan fingerprint density at radius 1 is 1.25 bits per heavy atom. The van der Waals surface area contributed by atoms with Crippen molar-refractivity contribution in [1.82, 2.24) is 5.32 Å². The van der Waals surface area contributed by atoms with E-state index in [0.29, 0.717) is 6.04 Å². The second-order valence-corrected chi connectivity index (χ2v) is 7.65. The zero-order valence-corrected chi connectivity index (χ0v) is 13.7. The average Bonchev–Trinajstić information content (AvgIpc) is 2.84. The second-order valence-electron chi connectivity index (χ2n) is 6.80. The first-order chi connectivity index (χ1) is 9.69. The number of halogens is 1. The van der Waals surface area contributed by atoms with Crippen LogP contribution in [-0.2, 0) is 0 Å². The lowest BCUT2D eigenvalue weighted by Gasteiger charge is -2.18. The molecule has 0 spiro atoms. The molecule has 1 N–H and O–H groups in total. The molecule has 5 atom stereocenters. The monoisotopic (exact) mass is 335 g/mol. The van der Waals surface area contributed by atoms with Gasteiger partial charge in [-0.3, -0.25) is 0 Å². The van der Waals surface area contributed by atoms with E-state index in [1.165, 1.54) is 24.8 Å². The Hall–Kier alpha value is -0.540. The Bertz CT molecular complexity index is 516. The highest BCUT2D eigenvalue weighted by molar-refractivity contribution is 9.10. The van der Waals surface area contributed by atoms with E-state index in [0.717, 1.165) is 39.9 Å². The Kier molecular flexibility index (Phi) is 3.11. The van der Waals surface area contributed by atoms with E-state index in [9.17, 15) is 0 Å². The summed E-state index contributed by atoms with van der Waals surface area (Å²) in [4.78, 5) is 0. The summed E-state index contributed by atoms with van der Waals surface area (Å²) in [7, 11) is 1.71. The second kappa shape index (κ2) is 4.74. The van der Waals surface area contributed by atoms with Gasteiger partial charge in [0.25, 0.3) is 0 Å². The van der Waals surface area contributed by atoms with Gasteiger partial charge in [-0.05, 0) is 83.5 Å². The van der Waals surface area contributed by atoms with E-state index in [4.69, 9.17) is 4.74 Å². The molecule has 0 aliphatic heterocycles. The van der Waals surface area contributed by atoms with E-state index >= 15 is 0 Å². The molecule has 3 aliphatic rings. The first-order valence-electron chi connectivity index (χ1n) is 7.78. The lowest BCUT2D eigenvalue weighted by molar-refractivity contribution is 0.410. The predicted molar refractivity (Wildman–Crippen MR) is 83.8 cm³/mol. The van der Waals surface area contributed by atoms with Crippen LogP contribution in [0.2, 0.25) is 0 Å². The van der Waals surface area contributed by atoms with Crippen LogP contribution < -0.4 is 10.1 Å². The molecule has 3 heteroatoms. The highest BCUT2D eigenvalue weighted by Gasteiger charge is 2.64. The van der Waals surface area contributed by atoms with Crippen molar-refractivity contribution in [3.05, 3.63) is 28.2 Å². The van der Waals surface area contributed by atoms with Crippen molar-refractivity contribution in [2.24, 2.45) is 23.7 Å². The molecule has 20 heavy (non-hydrogen) atoms. The molecule has 3 fully saturated rings. The van der Waals surface area contributed by atoms with Gasteiger partial charge >= 0.3 is 0 Å². The molecule has 1 aromatic carbocycles. The van der Waals surface area contributed by atoms with Crippen molar-refractivity contribution in [3.63, 3.8) is 0 Å². The first-order valence-corrected chi connectivity index (χ1v) is 8.58. The average molecular weight is 336 g/mol. The number of methoxy groups -OCH3 is 1. The summed E-state index contributed by atoms with van der Waals surface area (Å²) in [5.74, 6) is 4.98. The predicted octanol–water partition coefficient (Wildman–Crippen LogP) is 4.15. The van der Waals surface area contributed by atoms with Crippen LogP contribution in [0, 0.1) is 23.7 Å². The van der Waals surface area contributed by atoms with Crippen molar-refractivity contribution in [2.45, 2.75) is 38.3 Å². The maximum Gasteiger partial charge on any atom is 0.133 e. The summed E-state index contributed by atoms with van der Waals surface area (Å²) in [5, 5.41) is 3.88. The minimum atomic E-state index is 0.423. The lowest BCUT2D eigenvalue weighted by Crippen LogP contribution is -2.26. The number of fused-ring (bicyclic) bond motifs is 5. The Labute approximate surface area is 129 Å². The molecule has 1 aromatic rings. The number of ether oxygens (including phenoxy) is 1. The van der Waals surface area contributed by atoms with Crippen molar-refractivity contribution in [3.8, 4) is 5.75 Å². The van der Waals surface area contributed by atoms with E-state index in [-0.39, 0.29) is 0 Å².